The van der Waals surface area contributed by atoms with Crippen LogP contribution in [0.25, 0.3) is 11.0 Å². The first-order valence-electron chi connectivity index (χ1n) is 6.76. The summed E-state index contributed by atoms with van der Waals surface area (Å²) in [7, 11) is 3.54. The van der Waals surface area contributed by atoms with Crippen LogP contribution in [0, 0.1) is 13.8 Å². The van der Waals surface area contributed by atoms with Crippen LogP contribution in [0.3, 0.4) is 0 Å². The predicted molar refractivity (Wildman–Crippen MR) is 84.0 cm³/mol. The monoisotopic (exact) mass is 304 g/mol. The van der Waals surface area contributed by atoms with Crippen LogP contribution >= 0.6 is 11.6 Å². The number of benzene rings is 1. The van der Waals surface area contributed by atoms with Crippen molar-refractivity contribution in [2.45, 2.75) is 19.2 Å². The number of aryl methyl sites for hydroxylation is 4. The standard InChI is InChI=1S/C16H17ClN2O2/c1-9-7-12(10(2)21-9)15(17)11-5-6-13-14(8-11)19(4)16(20)18(13)3/h5-8,15H,1-4H3. The fraction of sp³-hybridized carbons (Fsp3) is 0.312. The van der Waals surface area contributed by atoms with Crippen molar-refractivity contribution < 1.29 is 4.42 Å². The minimum Gasteiger partial charge on any atom is -0.466 e. The number of rotatable bonds is 2. The molecule has 0 fully saturated rings. The molecule has 110 valence electrons. The largest absolute Gasteiger partial charge is 0.466 e. The van der Waals surface area contributed by atoms with E-state index in [1.807, 2.05) is 38.1 Å². The van der Waals surface area contributed by atoms with Gasteiger partial charge < -0.3 is 4.42 Å². The van der Waals surface area contributed by atoms with Crippen molar-refractivity contribution in [3.05, 3.63) is 57.4 Å². The molecule has 1 unspecified atom stereocenters. The molecule has 5 heteroatoms. The van der Waals surface area contributed by atoms with Crippen molar-refractivity contribution >= 4 is 22.6 Å². The van der Waals surface area contributed by atoms with Gasteiger partial charge in [-0.05, 0) is 37.6 Å². The number of alkyl halides is 1. The topological polar surface area (TPSA) is 40.1 Å². The zero-order valence-electron chi connectivity index (χ0n) is 12.5. The second kappa shape index (κ2) is 4.81. The van der Waals surface area contributed by atoms with Crippen LogP contribution in [0.5, 0.6) is 0 Å². The molecule has 21 heavy (non-hydrogen) atoms. The Morgan fingerprint density at radius 3 is 2.38 bits per heavy atom. The van der Waals surface area contributed by atoms with Gasteiger partial charge in [0.2, 0.25) is 0 Å². The third-order valence-corrected chi connectivity index (χ3v) is 4.43. The summed E-state index contributed by atoms with van der Waals surface area (Å²) in [5.41, 5.74) is 3.66. The maximum atomic E-state index is 12.0. The third-order valence-electron chi connectivity index (χ3n) is 3.94. The van der Waals surface area contributed by atoms with E-state index in [1.165, 1.54) is 0 Å². The van der Waals surface area contributed by atoms with Crippen molar-refractivity contribution in [1.82, 2.24) is 9.13 Å². The number of hydrogen-bond donors (Lipinski definition) is 0. The molecule has 1 atom stereocenters. The molecular formula is C16H17ClN2O2. The average molecular weight is 305 g/mol. The molecule has 4 nitrogen and oxygen atoms in total. The van der Waals surface area contributed by atoms with Gasteiger partial charge in [-0.1, -0.05) is 6.07 Å². The van der Waals surface area contributed by atoms with Crippen molar-refractivity contribution in [2.75, 3.05) is 0 Å². The molecular weight excluding hydrogens is 288 g/mol. The Labute approximate surface area is 127 Å². The summed E-state index contributed by atoms with van der Waals surface area (Å²) in [4.78, 5) is 12.0. The molecule has 0 saturated carbocycles. The molecule has 1 aromatic carbocycles. The van der Waals surface area contributed by atoms with Crippen LogP contribution in [0.2, 0.25) is 0 Å². The van der Waals surface area contributed by atoms with E-state index in [0.717, 1.165) is 33.7 Å². The van der Waals surface area contributed by atoms with Crippen LogP contribution in [0.4, 0.5) is 0 Å². The summed E-state index contributed by atoms with van der Waals surface area (Å²) in [6.45, 7) is 3.82. The highest BCUT2D eigenvalue weighted by molar-refractivity contribution is 6.22. The van der Waals surface area contributed by atoms with Gasteiger partial charge in [0.15, 0.2) is 0 Å². The lowest BCUT2D eigenvalue weighted by atomic mass is 10.0. The second-order valence-electron chi connectivity index (χ2n) is 5.38. The number of furan rings is 1. The normalized spacial score (nSPS) is 13.0. The molecule has 2 heterocycles. The quantitative estimate of drug-likeness (QED) is 0.681. The Balaban J connectivity index is 2.15. The smallest absolute Gasteiger partial charge is 0.328 e. The molecule has 3 aromatic rings. The van der Waals surface area contributed by atoms with E-state index in [1.54, 1.807) is 23.2 Å². The summed E-state index contributed by atoms with van der Waals surface area (Å²) in [5.74, 6) is 1.68. The van der Waals surface area contributed by atoms with Gasteiger partial charge in [-0.15, -0.1) is 11.6 Å². The van der Waals surface area contributed by atoms with E-state index in [2.05, 4.69) is 0 Å². The Morgan fingerprint density at radius 2 is 1.76 bits per heavy atom. The van der Waals surface area contributed by atoms with Crippen LogP contribution in [-0.4, -0.2) is 9.13 Å². The highest BCUT2D eigenvalue weighted by atomic mass is 35.5. The van der Waals surface area contributed by atoms with Gasteiger partial charge in [-0.2, -0.15) is 0 Å². The molecule has 3 rings (SSSR count). The van der Waals surface area contributed by atoms with Gasteiger partial charge in [0.25, 0.3) is 0 Å². The maximum Gasteiger partial charge on any atom is 0.328 e. The van der Waals surface area contributed by atoms with E-state index in [9.17, 15) is 4.79 Å². The molecule has 0 radical (unpaired) electrons. The van der Waals surface area contributed by atoms with E-state index in [0.29, 0.717) is 0 Å². The predicted octanol–water partition coefficient (Wildman–Crippen LogP) is 3.42. The Kier molecular flexibility index (Phi) is 3.21. The van der Waals surface area contributed by atoms with Gasteiger partial charge in [0.1, 0.15) is 11.5 Å². The molecule has 0 spiro atoms. The minimum atomic E-state index is -0.290. The van der Waals surface area contributed by atoms with Crippen LogP contribution in [0.1, 0.15) is 28.0 Å². The fourth-order valence-electron chi connectivity index (χ4n) is 2.76. The van der Waals surface area contributed by atoms with Gasteiger partial charge in [-0.25, -0.2) is 4.79 Å². The number of hydrogen-bond acceptors (Lipinski definition) is 2. The molecule has 0 N–H and O–H groups in total. The van der Waals surface area contributed by atoms with Crippen LogP contribution in [-0.2, 0) is 14.1 Å². The van der Waals surface area contributed by atoms with E-state index in [4.69, 9.17) is 16.0 Å². The maximum absolute atomic E-state index is 12.0. The molecule has 2 aromatic heterocycles. The number of imidazole rings is 1. The zero-order chi connectivity index (χ0) is 15.3. The third kappa shape index (κ3) is 2.10. The van der Waals surface area contributed by atoms with Gasteiger partial charge >= 0.3 is 5.69 Å². The lowest BCUT2D eigenvalue weighted by molar-refractivity contribution is 0.501. The Hall–Kier alpha value is -1.94. The first kappa shape index (κ1) is 14.0. The summed E-state index contributed by atoms with van der Waals surface area (Å²) in [6.07, 6.45) is 0. The lowest BCUT2D eigenvalue weighted by Crippen LogP contribution is -2.19. The number of nitrogens with zero attached hydrogens (tertiary/aromatic N) is 2. The molecule has 0 aliphatic carbocycles. The van der Waals surface area contributed by atoms with Crippen molar-refractivity contribution in [3.8, 4) is 0 Å². The number of halogens is 1. The molecule has 0 saturated heterocycles. The fourth-order valence-corrected chi connectivity index (χ4v) is 3.12. The first-order chi connectivity index (χ1) is 9.90. The Bertz CT molecular complexity index is 886. The number of aromatic nitrogens is 2. The van der Waals surface area contributed by atoms with Gasteiger partial charge in [-0.3, -0.25) is 9.13 Å². The highest BCUT2D eigenvalue weighted by Crippen LogP contribution is 2.33. The molecule has 0 aliphatic rings. The first-order valence-corrected chi connectivity index (χ1v) is 7.20. The summed E-state index contributed by atoms with van der Waals surface area (Å²) in [6, 6.07) is 7.82. The van der Waals surface area contributed by atoms with Crippen molar-refractivity contribution in [2.24, 2.45) is 14.1 Å². The Morgan fingerprint density at radius 1 is 1.10 bits per heavy atom. The molecule has 0 amide bonds. The minimum absolute atomic E-state index is 0.0383. The summed E-state index contributed by atoms with van der Waals surface area (Å²) < 4.78 is 8.82. The van der Waals surface area contributed by atoms with E-state index < -0.39 is 0 Å². The molecule has 0 aliphatic heterocycles. The average Bonchev–Trinajstić information content (AvgIpc) is 2.91. The van der Waals surface area contributed by atoms with Crippen LogP contribution in [0.15, 0.2) is 33.5 Å². The summed E-state index contributed by atoms with van der Waals surface area (Å²) >= 11 is 6.60. The second-order valence-corrected chi connectivity index (χ2v) is 5.82. The SMILES string of the molecule is Cc1cc(C(Cl)c2ccc3c(c2)n(C)c(=O)n3C)c(C)o1. The van der Waals surface area contributed by atoms with Crippen molar-refractivity contribution in [1.29, 1.82) is 0 Å². The highest BCUT2D eigenvalue weighted by Gasteiger charge is 2.18. The lowest BCUT2D eigenvalue weighted by Gasteiger charge is -2.09. The number of fused-ring (bicyclic) bond motifs is 1. The van der Waals surface area contributed by atoms with Gasteiger partial charge in [0.05, 0.1) is 16.4 Å². The van der Waals surface area contributed by atoms with E-state index >= 15 is 0 Å². The van der Waals surface area contributed by atoms with Gasteiger partial charge in [0, 0.05) is 19.7 Å². The zero-order valence-corrected chi connectivity index (χ0v) is 13.2. The molecule has 0 bridgehead atoms. The van der Waals surface area contributed by atoms with Crippen LogP contribution < -0.4 is 5.69 Å². The van der Waals surface area contributed by atoms with E-state index in [-0.39, 0.29) is 11.1 Å². The summed E-state index contributed by atoms with van der Waals surface area (Å²) in [5, 5.41) is -0.290. The van der Waals surface area contributed by atoms with Crippen molar-refractivity contribution in [3.63, 3.8) is 0 Å².